The van der Waals surface area contributed by atoms with Crippen molar-refractivity contribution in [3.63, 3.8) is 0 Å². The van der Waals surface area contributed by atoms with Gasteiger partial charge in [-0.25, -0.2) is 0 Å². The van der Waals surface area contributed by atoms with Gasteiger partial charge in [-0.05, 0) is 41.3 Å². The Kier molecular flexibility index (Phi) is 4.88. The van der Waals surface area contributed by atoms with Crippen LogP contribution in [0.15, 0.2) is 66.0 Å². The summed E-state index contributed by atoms with van der Waals surface area (Å²) < 4.78 is 8.29. The lowest BCUT2D eigenvalue weighted by Crippen LogP contribution is -2.17. The van der Waals surface area contributed by atoms with Gasteiger partial charge in [0.1, 0.15) is 11.4 Å². The molecule has 2 aromatic carbocycles. The second kappa shape index (κ2) is 7.47. The lowest BCUT2D eigenvalue weighted by atomic mass is 10.2. The van der Waals surface area contributed by atoms with Crippen molar-refractivity contribution >= 4 is 44.7 Å². The molecule has 4 aromatic rings. The van der Waals surface area contributed by atoms with Crippen LogP contribution in [0.5, 0.6) is 5.75 Å². The Hall–Kier alpha value is -2.76. The fourth-order valence-electron chi connectivity index (χ4n) is 3.04. The molecule has 0 radical (unpaired) electrons. The molecule has 136 valence electrons. The van der Waals surface area contributed by atoms with E-state index in [-0.39, 0.29) is 5.91 Å². The predicted molar refractivity (Wildman–Crippen MR) is 111 cm³/mol. The van der Waals surface area contributed by atoms with Gasteiger partial charge in [-0.3, -0.25) is 4.79 Å². The van der Waals surface area contributed by atoms with Crippen LogP contribution in [0.2, 0.25) is 5.02 Å². The van der Waals surface area contributed by atoms with E-state index in [1.54, 1.807) is 36.6 Å². The lowest BCUT2D eigenvalue weighted by Gasteiger charge is -2.12. The molecule has 0 atom stereocenters. The molecule has 0 bridgehead atoms. The summed E-state index contributed by atoms with van der Waals surface area (Å²) in [4.78, 5) is 13.0. The van der Waals surface area contributed by atoms with Crippen LogP contribution in [0, 0.1) is 0 Å². The highest BCUT2D eigenvalue weighted by Crippen LogP contribution is 2.29. The van der Waals surface area contributed by atoms with Crippen molar-refractivity contribution in [1.29, 1.82) is 0 Å². The fourth-order valence-corrected chi connectivity index (χ4v) is 4.12. The average Bonchev–Trinajstić information content (AvgIpc) is 3.25. The standard InChI is InChI=1S/C21H17ClN2O2S/c1-26-19-8-7-15(11-16(19)22)23-21(25)18-12-20-17(9-10-27-20)24(18)13-14-5-3-2-4-6-14/h2-12H,13H2,1H3,(H,23,25). The second-order valence-corrected chi connectivity index (χ2v) is 7.43. The summed E-state index contributed by atoms with van der Waals surface area (Å²) in [6, 6.07) is 19.3. The zero-order valence-corrected chi connectivity index (χ0v) is 16.2. The van der Waals surface area contributed by atoms with Crippen molar-refractivity contribution in [3.8, 4) is 5.75 Å². The number of benzene rings is 2. The topological polar surface area (TPSA) is 43.3 Å². The number of ether oxygens (including phenoxy) is 1. The Bertz CT molecular complexity index is 1100. The molecular weight excluding hydrogens is 380 g/mol. The normalized spacial score (nSPS) is 10.9. The Morgan fingerprint density at radius 3 is 2.70 bits per heavy atom. The van der Waals surface area contributed by atoms with Gasteiger partial charge < -0.3 is 14.6 Å². The minimum absolute atomic E-state index is 0.171. The maximum Gasteiger partial charge on any atom is 0.272 e. The van der Waals surface area contributed by atoms with Gasteiger partial charge in [-0.15, -0.1) is 11.3 Å². The minimum Gasteiger partial charge on any atom is -0.495 e. The predicted octanol–water partition coefficient (Wildman–Crippen LogP) is 5.67. The van der Waals surface area contributed by atoms with Gasteiger partial charge in [0.05, 0.1) is 22.3 Å². The molecule has 0 spiro atoms. The Balaban J connectivity index is 1.66. The number of carbonyl (C=O) groups is 1. The second-order valence-electron chi connectivity index (χ2n) is 6.07. The maximum atomic E-state index is 13.0. The SMILES string of the molecule is COc1ccc(NC(=O)c2cc3sccc3n2Cc2ccccc2)cc1Cl. The molecule has 0 fully saturated rings. The number of anilines is 1. The summed E-state index contributed by atoms with van der Waals surface area (Å²) in [5.74, 6) is 0.401. The molecule has 0 aliphatic heterocycles. The van der Waals surface area contributed by atoms with Crippen LogP contribution in [0.25, 0.3) is 10.2 Å². The number of carbonyl (C=O) groups excluding carboxylic acids is 1. The molecule has 27 heavy (non-hydrogen) atoms. The number of amides is 1. The van der Waals surface area contributed by atoms with E-state index in [4.69, 9.17) is 16.3 Å². The minimum atomic E-state index is -0.171. The van der Waals surface area contributed by atoms with Gasteiger partial charge in [-0.2, -0.15) is 0 Å². The van der Waals surface area contributed by atoms with E-state index >= 15 is 0 Å². The fraction of sp³-hybridized carbons (Fsp3) is 0.0952. The first-order valence-electron chi connectivity index (χ1n) is 8.41. The molecule has 2 aromatic heterocycles. The van der Waals surface area contributed by atoms with Crippen molar-refractivity contribution in [1.82, 2.24) is 4.57 Å². The van der Waals surface area contributed by atoms with E-state index < -0.39 is 0 Å². The molecule has 0 saturated heterocycles. The van der Waals surface area contributed by atoms with E-state index in [1.807, 2.05) is 40.3 Å². The van der Waals surface area contributed by atoms with Gasteiger partial charge in [0.15, 0.2) is 0 Å². The number of aromatic nitrogens is 1. The number of nitrogens with zero attached hydrogens (tertiary/aromatic N) is 1. The first-order valence-corrected chi connectivity index (χ1v) is 9.67. The number of hydrogen-bond donors (Lipinski definition) is 1. The highest BCUT2D eigenvalue weighted by atomic mass is 35.5. The molecule has 0 unspecified atom stereocenters. The summed E-state index contributed by atoms with van der Waals surface area (Å²) in [5, 5.41) is 5.43. The largest absolute Gasteiger partial charge is 0.495 e. The number of nitrogens with one attached hydrogen (secondary N) is 1. The monoisotopic (exact) mass is 396 g/mol. The van der Waals surface area contributed by atoms with Gasteiger partial charge in [-0.1, -0.05) is 41.9 Å². The van der Waals surface area contributed by atoms with Gasteiger partial charge >= 0.3 is 0 Å². The van der Waals surface area contributed by atoms with Crippen molar-refractivity contribution < 1.29 is 9.53 Å². The van der Waals surface area contributed by atoms with Gasteiger partial charge in [0, 0.05) is 12.2 Å². The number of methoxy groups -OCH3 is 1. The van der Waals surface area contributed by atoms with Crippen molar-refractivity contribution in [2.24, 2.45) is 0 Å². The van der Waals surface area contributed by atoms with E-state index in [0.717, 1.165) is 15.8 Å². The smallest absolute Gasteiger partial charge is 0.272 e. The highest BCUT2D eigenvalue weighted by molar-refractivity contribution is 7.17. The Morgan fingerprint density at radius 1 is 1.15 bits per heavy atom. The third-order valence-electron chi connectivity index (χ3n) is 4.35. The summed E-state index contributed by atoms with van der Waals surface area (Å²) in [6.45, 7) is 0.632. The van der Waals surface area contributed by atoms with Crippen LogP contribution < -0.4 is 10.1 Å². The summed E-state index contributed by atoms with van der Waals surface area (Å²) in [6.07, 6.45) is 0. The molecule has 0 aliphatic carbocycles. The first kappa shape index (κ1) is 17.6. The third kappa shape index (κ3) is 3.56. The van der Waals surface area contributed by atoms with Gasteiger partial charge in [0.25, 0.3) is 5.91 Å². The number of halogens is 1. The summed E-state index contributed by atoms with van der Waals surface area (Å²) in [7, 11) is 1.56. The quantitative estimate of drug-likeness (QED) is 0.472. The van der Waals surface area contributed by atoms with Crippen molar-refractivity contribution in [3.05, 3.63) is 82.3 Å². The number of thiophene rings is 1. The molecule has 1 N–H and O–H groups in total. The van der Waals surface area contributed by atoms with Crippen LogP contribution in [0.1, 0.15) is 16.1 Å². The molecule has 4 rings (SSSR count). The Labute approximate surface area is 166 Å². The molecule has 4 nitrogen and oxygen atoms in total. The zero-order chi connectivity index (χ0) is 18.8. The average molecular weight is 397 g/mol. The number of fused-ring (bicyclic) bond motifs is 1. The van der Waals surface area contributed by atoms with Crippen LogP contribution in [-0.4, -0.2) is 17.6 Å². The van der Waals surface area contributed by atoms with E-state index in [1.165, 1.54) is 0 Å². The molecule has 0 aliphatic rings. The van der Waals surface area contributed by atoms with Crippen LogP contribution >= 0.6 is 22.9 Å². The zero-order valence-electron chi connectivity index (χ0n) is 14.6. The maximum absolute atomic E-state index is 13.0. The molecule has 2 heterocycles. The number of hydrogen-bond acceptors (Lipinski definition) is 3. The van der Waals surface area contributed by atoms with Crippen LogP contribution in [0.3, 0.4) is 0 Å². The molecular formula is C21H17ClN2O2S. The molecule has 0 saturated carbocycles. The molecule has 1 amide bonds. The van der Waals surface area contributed by atoms with Crippen molar-refractivity contribution in [2.45, 2.75) is 6.54 Å². The Morgan fingerprint density at radius 2 is 1.96 bits per heavy atom. The molecule has 6 heteroatoms. The van der Waals surface area contributed by atoms with Crippen LogP contribution in [-0.2, 0) is 6.54 Å². The number of rotatable bonds is 5. The third-order valence-corrected chi connectivity index (χ3v) is 5.50. The summed E-state index contributed by atoms with van der Waals surface area (Å²) in [5.41, 5.74) is 3.44. The van der Waals surface area contributed by atoms with E-state index in [0.29, 0.717) is 28.7 Å². The first-order chi connectivity index (χ1) is 13.2. The summed E-state index contributed by atoms with van der Waals surface area (Å²) >= 11 is 7.79. The van der Waals surface area contributed by atoms with E-state index in [9.17, 15) is 4.79 Å². The lowest BCUT2D eigenvalue weighted by molar-refractivity contribution is 0.101. The van der Waals surface area contributed by atoms with Crippen molar-refractivity contribution in [2.75, 3.05) is 12.4 Å². The highest BCUT2D eigenvalue weighted by Gasteiger charge is 2.17. The van der Waals surface area contributed by atoms with Crippen LogP contribution in [0.4, 0.5) is 5.69 Å². The van der Waals surface area contributed by atoms with E-state index in [2.05, 4.69) is 17.4 Å². The van der Waals surface area contributed by atoms with Gasteiger partial charge in [0.2, 0.25) is 0 Å².